The average molecular weight is 432 g/mol. The van der Waals surface area contributed by atoms with Gasteiger partial charge in [-0.2, -0.15) is 0 Å². The van der Waals surface area contributed by atoms with Gasteiger partial charge in [0, 0.05) is 4.88 Å². The SMILES string of the molecule is CC[C@H]1CCc2c(sc(NC(=O)[C@@H]3[C@@H](C(=O)O)[C@H]4C=C[C@@H]3C4)c2C(=O)OC(C)C)C1. The van der Waals surface area contributed by atoms with E-state index in [2.05, 4.69) is 12.2 Å². The molecule has 5 atom stereocenters. The number of fused-ring (bicyclic) bond motifs is 3. The molecule has 0 spiro atoms. The summed E-state index contributed by atoms with van der Waals surface area (Å²) < 4.78 is 5.48. The zero-order valence-electron chi connectivity index (χ0n) is 17.6. The Balaban J connectivity index is 1.64. The quantitative estimate of drug-likeness (QED) is 0.518. The van der Waals surface area contributed by atoms with Gasteiger partial charge in [0.15, 0.2) is 0 Å². The molecule has 1 saturated carbocycles. The van der Waals surface area contributed by atoms with Crippen LogP contribution in [0, 0.1) is 29.6 Å². The maximum atomic E-state index is 13.2. The van der Waals surface area contributed by atoms with Crippen LogP contribution in [0.2, 0.25) is 0 Å². The molecule has 1 amide bonds. The number of allylic oxidation sites excluding steroid dienone is 2. The minimum absolute atomic E-state index is 0.0544. The molecule has 0 aliphatic heterocycles. The van der Waals surface area contributed by atoms with Crippen LogP contribution in [0.25, 0.3) is 0 Å². The molecule has 162 valence electrons. The number of thiophene rings is 1. The first-order chi connectivity index (χ1) is 14.3. The van der Waals surface area contributed by atoms with Crippen LogP contribution in [0.15, 0.2) is 12.2 Å². The average Bonchev–Trinajstić information content (AvgIpc) is 3.38. The molecule has 7 heteroatoms. The standard InChI is InChI=1S/C23H29NO5S/c1-4-12-5-8-15-16(9-12)30-21(19(15)23(28)29-11(2)3)24-20(25)17-13-6-7-14(10-13)18(17)22(26)27/h6-7,11-14,17-18H,4-5,8-10H2,1-3H3,(H,24,25)(H,26,27)/t12-,13+,14-,17-,18-/m0/s1. The van der Waals surface area contributed by atoms with E-state index in [-0.39, 0.29) is 23.8 Å². The smallest absolute Gasteiger partial charge is 0.341 e. The predicted octanol–water partition coefficient (Wildman–Crippen LogP) is 4.29. The van der Waals surface area contributed by atoms with E-state index in [1.54, 1.807) is 13.8 Å². The van der Waals surface area contributed by atoms with Crippen LogP contribution >= 0.6 is 11.3 Å². The van der Waals surface area contributed by atoms with Gasteiger partial charge in [0.2, 0.25) is 5.91 Å². The molecule has 6 nitrogen and oxygen atoms in total. The Bertz CT molecular complexity index is 902. The van der Waals surface area contributed by atoms with Gasteiger partial charge in [-0.25, -0.2) is 4.79 Å². The van der Waals surface area contributed by atoms with E-state index in [1.165, 1.54) is 11.3 Å². The number of aliphatic carboxylic acids is 1. The first-order valence-corrected chi connectivity index (χ1v) is 11.7. The van der Waals surface area contributed by atoms with Crippen molar-refractivity contribution in [1.29, 1.82) is 0 Å². The summed E-state index contributed by atoms with van der Waals surface area (Å²) in [5.74, 6) is -2.50. The highest BCUT2D eigenvalue weighted by Crippen LogP contribution is 2.49. The van der Waals surface area contributed by atoms with Gasteiger partial charge in [0.1, 0.15) is 5.00 Å². The Kier molecular flexibility index (Phi) is 5.75. The predicted molar refractivity (Wildman–Crippen MR) is 115 cm³/mol. The molecule has 4 rings (SSSR count). The minimum Gasteiger partial charge on any atom is -0.481 e. The molecule has 0 aromatic carbocycles. The van der Waals surface area contributed by atoms with Crippen molar-refractivity contribution < 1.29 is 24.2 Å². The summed E-state index contributed by atoms with van der Waals surface area (Å²) in [4.78, 5) is 39.0. The number of carboxylic acid groups (broad SMARTS) is 1. The number of ether oxygens (including phenoxy) is 1. The van der Waals surface area contributed by atoms with Gasteiger partial charge in [-0.1, -0.05) is 25.5 Å². The Morgan fingerprint density at radius 2 is 1.93 bits per heavy atom. The number of amides is 1. The van der Waals surface area contributed by atoms with Crippen LogP contribution < -0.4 is 5.32 Å². The lowest BCUT2D eigenvalue weighted by atomic mass is 9.82. The third kappa shape index (κ3) is 3.68. The maximum Gasteiger partial charge on any atom is 0.341 e. The van der Waals surface area contributed by atoms with E-state index in [9.17, 15) is 19.5 Å². The number of rotatable bonds is 6. The lowest BCUT2D eigenvalue weighted by molar-refractivity contribution is -0.146. The molecular formula is C23H29NO5S. The zero-order valence-corrected chi connectivity index (χ0v) is 18.5. The van der Waals surface area contributed by atoms with Crippen LogP contribution in [0.3, 0.4) is 0 Å². The fourth-order valence-corrected chi connectivity index (χ4v) is 6.64. The highest BCUT2D eigenvalue weighted by Gasteiger charge is 2.52. The van der Waals surface area contributed by atoms with Crippen LogP contribution in [0.5, 0.6) is 0 Å². The first kappa shape index (κ1) is 21.1. The summed E-state index contributed by atoms with van der Waals surface area (Å²) in [5, 5.41) is 13.1. The third-order valence-corrected chi connectivity index (χ3v) is 7.95. The first-order valence-electron chi connectivity index (χ1n) is 10.9. The molecule has 0 radical (unpaired) electrons. The van der Waals surface area contributed by atoms with Crippen LogP contribution in [-0.4, -0.2) is 29.1 Å². The lowest BCUT2D eigenvalue weighted by Crippen LogP contribution is -2.36. The molecule has 30 heavy (non-hydrogen) atoms. The molecule has 1 heterocycles. The molecular weight excluding hydrogens is 402 g/mol. The minimum atomic E-state index is -0.928. The zero-order chi connectivity index (χ0) is 21.6. The Hall–Kier alpha value is -2.15. The van der Waals surface area contributed by atoms with Crippen LogP contribution in [-0.2, 0) is 27.2 Å². The lowest BCUT2D eigenvalue weighted by Gasteiger charge is -2.23. The third-order valence-electron chi connectivity index (χ3n) is 6.78. The molecule has 1 fully saturated rings. The number of carboxylic acids is 1. The van der Waals surface area contributed by atoms with E-state index in [4.69, 9.17) is 4.74 Å². The Morgan fingerprint density at radius 1 is 1.23 bits per heavy atom. The molecule has 1 aromatic rings. The number of esters is 1. The van der Waals surface area contributed by atoms with Crippen molar-refractivity contribution in [3.05, 3.63) is 28.2 Å². The maximum absolute atomic E-state index is 13.2. The molecule has 2 bridgehead atoms. The van der Waals surface area contributed by atoms with E-state index >= 15 is 0 Å². The highest BCUT2D eigenvalue weighted by molar-refractivity contribution is 7.17. The second-order valence-corrected chi connectivity index (χ2v) is 10.1. The van der Waals surface area contributed by atoms with Crippen LogP contribution in [0.4, 0.5) is 5.00 Å². The van der Waals surface area contributed by atoms with Crippen molar-refractivity contribution in [2.45, 2.75) is 59.0 Å². The van der Waals surface area contributed by atoms with Gasteiger partial charge in [0.25, 0.3) is 0 Å². The van der Waals surface area contributed by atoms with E-state index < -0.39 is 23.8 Å². The summed E-state index contributed by atoms with van der Waals surface area (Å²) >= 11 is 1.46. The molecule has 3 aliphatic rings. The van der Waals surface area contributed by atoms with E-state index in [1.807, 2.05) is 12.2 Å². The number of hydrogen-bond donors (Lipinski definition) is 2. The van der Waals surface area contributed by atoms with Crippen molar-refractivity contribution >= 4 is 34.2 Å². The van der Waals surface area contributed by atoms with E-state index in [0.717, 1.165) is 36.1 Å². The largest absolute Gasteiger partial charge is 0.481 e. The summed E-state index contributed by atoms with van der Waals surface area (Å²) in [6, 6.07) is 0. The fourth-order valence-electron chi connectivity index (χ4n) is 5.29. The van der Waals surface area contributed by atoms with Gasteiger partial charge in [-0.3, -0.25) is 9.59 Å². The number of hydrogen-bond acceptors (Lipinski definition) is 5. The number of carbonyl (C=O) groups excluding carboxylic acids is 2. The van der Waals surface area contributed by atoms with Crippen molar-refractivity contribution in [3.63, 3.8) is 0 Å². The molecule has 1 aromatic heterocycles. The van der Waals surface area contributed by atoms with Crippen molar-refractivity contribution in [2.75, 3.05) is 5.32 Å². The molecule has 2 N–H and O–H groups in total. The number of nitrogens with one attached hydrogen (secondary N) is 1. The highest BCUT2D eigenvalue weighted by atomic mass is 32.1. The van der Waals surface area contributed by atoms with Gasteiger partial charge >= 0.3 is 11.9 Å². The normalized spacial score (nSPS) is 29.1. The second-order valence-electron chi connectivity index (χ2n) is 9.01. The molecule has 0 saturated heterocycles. The topological polar surface area (TPSA) is 92.7 Å². The molecule has 3 aliphatic carbocycles. The van der Waals surface area contributed by atoms with Gasteiger partial charge in [0.05, 0.1) is 23.5 Å². The Morgan fingerprint density at radius 3 is 2.57 bits per heavy atom. The number of carbonyl (C=O) groups is 3. The van der Waals surface area contributed by atoms with E-state index in [0.29, 0.717) is 22.9 Å². The second kappa shape index (κ2) is 8.17. The summed E-state index contributed by atoms with van der Waals surface area (Å²) in [5.41, 5.74) is 1.46. The summed E-state index contributed by atoms with van der Waals surface area (Å²) in [6.07, 6.45) is 8.16. The Labute approximate surface area is 180 Å². The number of anilines is 1. The van der Waals surface area contributed by atoms with Crippen LogP contribution in [0.1, 0.15) is 60.8 Å². The van der Waals surface area contributed by atoms with Gasteiger partial charge < -0.3 is 15.2 Å². The fraction of sp³-hybridized carbons (Fsp3) is 0.609. The van der Waals surface area contributed by atoms with Crippen molar-refractivity contribution in [2.24, 2.45) is 29.6 Å². The van der Waals surface area contributed by atoms with Crippen molar-refractivity contribution in [1.82, 2.24) is 0 Å². The van der Waals surface area contributed by atoms with Gasteiger partial charge in [-0.05, 0) is 62.8 Å². The summed E-state index contributed by atoms with van der Waals surface area (Å²) in [6.45, 7) is 5.79. The van der Waals surface area contributed by atoms with Gasteiger partial charge in [-0.15, -0.1) is 11.3 Å². The molecule has 0 unspecified atom stereocenters. The monoisotopic (exact) mass is 431 g/mol. The summed E-state index contributed by atoms with van der Waals surface area (Å²) in [7, 11) is 0. The van der Waals surface area contributed by atoms with Crippen molar-refractivity contribution in [3.8, 4) is 0 Å².